The van der Waals surface area contributed by atoms with Gasteiger partial charge in [-0.25, -0.2) is 0 Å². The molecule has 0 amide bonds. The zero-order chi connectivity index (χ0) is 19.3. The van der Waals surface area contributed by atoms with E-state index in [9.17, 15) is 14.7 Å². The van der Waals surface area contributed by atoms with Gasteiger partial charge in [-0.15, -0.1) is 0 Å². The van der Waals surface area contributed by atoms with Crippen LogP contribution in [0.3, 0.4) is 0 Å². The van der Waals surface area contributed by atoms with Crippen LogP contribution in [0.5, 0.6) is 0 Å². The van der Waals surface area contributed by atoms with Gasteiger partial charge in [-0.05, 0) is 25.2 Å². The van der Waals surface area contributed by atoms with Crippen LogP contribution in [-0.4, -0.2) is 22.2 Å². The molecule has 0 spiro atoms. The fourth-order valence-corrected chi connectivity index (χ4v) is 4.08. The lowest BCUT2D eigenvalue weighted by Crippen LogP contribution is -2.16. The summed E-state index contributed by atoms with van der Waals surface area (Å²) in [5.74, 6) is -0.873. The van der Waals surface area contributed by atoms with E-state index in [1.165, 1.54) is 70.6 Å². The van der Waals surface area contributed by atoms with Crippen molar-refractivity contribution in [2.75, 3.05) is 0 Å². The van der Waals surface area contributed by atoms with Gasteiger partial charge in [0.15, 0.2) is 0 Å². The Kier molecular flexibility index (Phi) is 11.6. The Morgan fingerprint density at radius 1 is 0.731 bits per heavy atom. The zero-order valence-electron chi connectivity index (χ0n) is 16.8. The van der Waals surface area contributed by atoms with Crippen molar-refractivity contribution in [3.63, 3.8) is 0 Å². The van der Waals surface area contributed by atoms with Crippen LogP contribution in [0.25, 0.3) is 0 Å². The minimum Gasteiger partial charge on any atom is -0.481 e. The van der Waals surface area contributed by atoms with E-state index in [2.05, 4.69) is 6.92 Å². The highest BCUT2D eigenvalue weighted by Gasteiger charge is 2.56. The van der Waals surface area contributed by atoms with E-state index in [0.717, 1.165) is 32.1 Å². The van der Waals surface area contributed by atoms with Gasteiger partial charge in [0.25, 0.3) is 0 Å². The number of hydrogen-bond acceptors (Lipinski definition) is 2. The summed E-state index contributed by atoms with van der Waals surface area (Å²) in [6.45, 7) is 2.06. The van der Waals surface area contributed by atoms with Gasteiger partial charge in [-0.3, -0.25) is 9.59 Å². The summed E-state index contributed by atoms with van der Waals surface area (Å²) in [4.78, 5) is 21.7. The van der Waals surface area contributed by atoms with E-state index in [-0.39, 0.29) is 5.41 Å². The van der Waals surface area contributed by atoms with Gasteiger partial charge in [0.2, 0.25) is 0 Å². The first kappa shape index (κ1) is 23.0. The molecule has 2 N–H and O–H groups in total. The normalized spacial score (nSPS) is 21.7. The lowest BCUT2D eigenvalue weighted by atomic mass is 9.95. The van der Waals surface area contributed by atoms with E-state index >= 15 is 0 Å². The van der Waals surface area contributed by atoms with Crippen molar-refractivity contribution in [1.29, 1.82) is 0 Å². The molecule has 0 bridgehead atoms. The molecule has 4 nitrogen and oxygen atoms in total. The molecule has 1 rings (SSSR count). The summed E-state index contributed by atoms with van der Waals surface area (Å²) < 4.78 is 0. The van der Waals surface area contributed by atoms with Crippen molar-refractivity contribution in [1.82, 2.24) is 0 Å². The maximum absolute atomic E-state index is 11.3. The molecule has 4 heteroatoms. The first-order valence-electron chi connectivity index (χ1n) is 10.9. The van der Waals surface area contributed by atoms with Crippen molar-refractivity contribution in [3.05, 3.63) is 0 Å². The molecule has 1 saturated carbocycles. The van der Waals surface area contributed by atoms with Gasteiger partial charge < -0.3 is 10.2 Å². The van der Waals surface area contributed by atoms with Crippen LogP contribution in [0.1, 0.15) is 116 Å². The molecule has 0 heterocycles. The molecule has 0 aromatic rings. The Hall–Kier alpha value is -1.06. The highest BCUT2D eigenvalue weighted by Crippen LogP contribution is 2.56. The van der Waals surface area contributed by atoms with Gasteiger partial charge in [-0.2, -0.15) is 0 Å². The lowest BCUT2D eigenvalue weighted by molar-refractivity contribution is -0.144. The van der Waals surface area contributed by atoms with Gasteiger partial charge >= 0.3 is 11.9 Å². The number of unbranched alkanes of at least 4 members (excludes halogenated alkanes) is 13. The van der Waals surface area contributed by atoms with E-state index < -0.39 is 11.9 Å². The van der Waals surface area contributed by atoms with Crippen LogP contribution in [-0.2, 0) is 9.59 Å². The molecule has 152 valence electrons. The van der Waals surface area contributed by atoms with Crippen molar-refractivity contribution >= 4 is 11.9 Å². The summed E-state index contributed by atoms with van der Waals surface area (Å²) in [6.07, 6.45) is 19.1. The average Bonchev–Trinajstić information content (AvgIpc) is 3.25. The molecule has 1 aliphatic carbocycles. The number of carbonyl (C=O) groups is 2. The second kappa shape index (κ2) is 13.2. The quantitative estimate of drug-likeness (QED) is 0.274. The number of rotatable bonds is 18. The number of hydrogen-bond donors (Lipinski definition) is 2. The second-order valence-corrected chi connectivity index (χ2v) is 8.41. The third-order valence-electron chi connectivity index (χ3n) is 6.14. The van der Waals surface area contributed by atoms with Crippen molar-refractivity contribution in [2.45, 2.75) is 116 Å². The van der Waals surface area contributed by atoms with E-state index in [4.69, 9.17) is 5.11 Å². The summed E-state index contributed by atoms with van der Waals surface area (Å²) >= 11 is 0. The molecule has 26 heavy (non-hydrogen) atoms. The first-order valence-corrected chi connectivity index (χ1v) is 10.9. The molecule has 2 unspecified atom stereocenters. The minimum atomic E-state index is -0.674. The zero-order valence-corrected chi connectivity index (χ0v) is 16.8. The van der Waals surface area contributed by atoms with Gasteiger partial charge in [-0.1, -0.05) is 90.4 Å². The van der Waals surface area contributed by atoms with Crippen LogP contribution in [0, 0.1) is 11.3 Å². The highest BCUT2D eigenvalue weighted by molar-refractivity contribution is 5.78. The van der Waals surface area contributed by atoms with Crippen molar-refractivity contribution in [3.8, 4) is 0 Å². The predicted octanol–water partition coefficient (Wildman–Crippen LogP) is 6.42. The molecule has 0 saturated heterocycles. The molecule has 1 aliphatic rings. The Bertz CT molecular complexity index is 407. The second-order valence-electron chi connectivity index (χ2n) is 8.41. The number of carboxylic acids is 2. The van der Waals surface area contributed by atoms with Gasteiger partial charge in [0.05, 0.1) is 5.41 Å². The maximum atomic E-state index is 11.3. The van der Waals surface area contributed by atoms with E-state index in [1.807, 2.05) is 0 Å². The monoisotopic (exact) mass is 368 g/mol. The van der Waals surface area contributed by atoms with Crippen LogP contribution >= 0.6 is 0 Å². The van der Waals surface area contributed by atoms with E-state index in [0.29, 0.717) is 12.3 Å². The predicted molar refractivity (Wildman–Crippen MR) is 105 cm³/mol. The molecule has 0 aromatic carbocycles. The summed E-state index contributed by atoms with van der Waals surface area (Å²) in [5.41, 5.74) is -0.365. The highest BCUT2D eigenvalue weighted by atomic mass is 16.4. The molecule has 0 aliphatic heterocycles. The summed E-state index contributed by atoms with van der Waals surface area (Å²) in [7, 11) is 0. The molecular formula is C22H40O4. The van der Waals surface area contributed by atoms with Crippen LogP contribution in [0.15, 0.2) is 0 Å². The van der Waals surface area contributed by atoms with Crippen molar-refractivity contribution in [2.24, 2.45) is 11.3 Å². The topological polar surface area (TPSA) is 74.6 Å². The van der Waals surface area contributed by atoms with Crippen LogP contribution < -0.4 is 0 Å². The minimum absolute atomic E-state index is 0.319. The third-order valence-corrected chi connectivity index (χ3v) is 6.14. The number of aliphatic carboxylic acids is 2. The summed E-state index contributed by atoms with van der Waals surface area (Å²) in [6, 6.07) is 0. The average molecular weight is 369 g/mol. The maximum Gasteiger partial charge on any atom is 0.309 e. The molecular weight excluding hydrogens is 328 g/mol. The Morgan fingerprint density at radius 2 is 1.08 bits per heavy atom. The molecule has 0 aromatic heterocycles. The fourth-order valence-electron chi connectivity index (χ4n) is 4.08. The lowest BCUT2D eigenvalue weighted by Gasteiger charge is -2.10. The third kappa shape index (κ3) is 9.59. The fraction of sp³-hybridized carbons (Fsp3) is 0.909. The first-order chi connectivity index (χ1) is 12.5. The Balaban J connectivity index is 1.75. The largest absolute Gasteiger partial charge is 0.481 e. The van der Waals surface area contributed by atoms with Gasteiger partial charge in [0, 0.05) is 6.42 Å². The Morgan fingerprint density at radius 3 is 1.38 bits per heavy atom. The Labute approximate surface area is 159 Å². The van der Waals surface area contributed by atoms with Crippen LogP contribution in [0.4, 0.5) is 0 Å². The smallest absolute Gasteiger partial charge is 0.309 e. The van der Waals surface area contributed by atoms with Crippen molar-refractivity contribution < 1.29 is 19.8 Å². The standard InChI is InChI=1S/C22H40O4/c1-19-18-22(19,21(25)26)17-15-13-11-9-7-5-3-2-4-6-8-10-12-14-16-20(23)24/h19H,2-18H2,1H3,(H,23,24)(H,25,26). The van der Waals surface area contributed by atoms with Gasteiger partial charge in [0.1, 0.15) is 0 Å². The molecule has 2 atom stereocenters. The van der Waals surface area contributed by atoms with Crippen LogP contribution in [0.2, 0.25) is 0 Å². The molecule has 0 radical (unpaired) electrons. The SMILES string of the molecule is CC1CC1(CCCCCCCCCCCCCCCCC(=O)O)C(=O)O. The molecule has 1 fully saturated rings. The number of carboxylic acid groups (broad SMARTS) is 2. The summed E-state index contributed by atoms with van der Waals surface area (Å²) in [5, 5.41) is 17.8. The van der Waals surface area contributed by atoms with E-state index in [1.54, 1.807) is 0 Å².